The van der Waals surface area contributed by atoms with Gasteiger partial charge in [-0.15, -0.1) is 0 Å². The van der Waals surface area contributed by atoms with E-state index in [1.807, 2.05) is 13.8 Å². The molecule has 6 heteroatoms. The topological polar surface area (TPSA) is 78.9 Å². The monoisotopic (exact) mass is 265 g/mol. The Morgan fingerprint density at radius 2 is 1.95 bits per heavy atom. The number of nitrogens with zero attached hydrogens (tertiary/aromatic N) is 2. The predicted molar refractivity (Wildman–Crippen MR) is 77.1 cm³/mol. The molecular formula is C13H23N5O. The lowest BCUT2D eigenvalue weighted by molar-refractivity contribution is -0.121. The molecule has 0 bridgehead atoms. The van der Waals surface area contributed by atoms with Gasteiger partial charge in [0, 0.05) is 19.2 Å². The quantitative estimate of drug-likeness (QED) is 0.696. The van der Waals surface area contributed by atoms with Crippen LogP contribution in [0.2, 0.25) is 0 Å². The van der Waals surface area contributed by atoms with Crippen molar-refractivity contribution in [1.82, 2.24) is 15.3 Å². The Kier molecular flexibility index (Phi) is 6.05. The molecule has 3 N–H and O–H groups in total. The molecule has 0 saturated carbocycles. The number of hydrogen-bond donors (Lipinski definition) is 3. The van der Waals surface area contributed by atoms with E-state index in [1.165, 1.54) is 6.33 Å². The maximum Gasteiger partial charge on any atom is 0.242 e. The minimum atomic E-state index is -0.330. The van der Waals surface area contributed by atoms with Gasteiger partial charge in [0.25, 0.3) is 0 Å². The molecule has 0 aromatic carbocycles. The molecule has 0 aliphatic rings. The Morgan fingerprint density at radius 3 is 2.58 bits per heavy atom. The van der Waals surface area contributed by atoms with Crippen LogP contribution in [0.4, 0.5) is 11.6 Å². The van der Waals surface area contributed by atoms with E-state index in [1.54, 1.807) is 6.07 Å². The fraction of sp³-hybridized carbons (Fsp3) is 0.615. The zero-order chi connectivity index (χ0) is 14.3. The summed E-state index contributed by atoms with van der Waals surface area (Å²) in [5.41, 5.74) is 0. The molecular weight excluding hydrogens is 242 g/mol. The average molecular weight is 265 g/mol. The van der Waals surface area contributed by atoms with Gasteiger partial charge in [0.2, 0.25) is 5.91 Å². The van der Waals surface area contributed by atoms with Crippen LogP contribution in [0.5, 0.6) is 0 Å². The normalized spacial score (nSPS) is 12.1. The molecule has 1 aromatic heterocycles. The van der Waals surface area contributed by atoms with Crippen LogP contribution in [0.3, 0.4) is 0 Å². The highest BCUT2D eigenvalue weighted by molar-refractivity contribution is 5.83. The molecule has 0 spiro atoms. The van der Waals surface area contributed by atoms with Crippen LogP contribution in [0.25, 0.3) is 0 Å². The second-order valence-corrected chi connectivity index (χ2v) is 4.82. The van der Waals surface area contributed by atoms with E-state index < -0.39 is 0 Å². The van der Waals surface area contributed by atoms with Gasteiger partial charge in [-0.3, -0.25) is 4.79 Å². The lowest BCUT2D eigenvalue weighted by Crippen LogP contribution is -2.39. The van der Waals surface area contributed by atoms with Crippen LogP contribution in [0.1, 0.15) is 27.7 Å². The summed E-state index contributed by atoms with van der Waals surface area (Å²) >= 11 is 0. The van der Waals surface area contributed by atoms with Crippen LogP contribution >= 0.6 is 0 Å². The van der Waals surface area contributed by atoms with E-state index in [0.717, 1.165) is 12.4 Å². The van der Waals surface area contributed by atoms with Crippen LogP contribution in [-0.2, 0) is 4.79 Å². The lowest BCUT2D eigenvalue weighted by Gasteiger charge is -2.16. The number of hydrogen-bond acceptors (Lipinski definition) is 5. The Labute approximate surface area is 114 Å². The molecule has 1 rings (SSSR count). The van der Waals surface area contributed by atoms with Gasteiger partial charge in [-0.1, -0.05) is 13.8 Å². The van der Waals surface area contributed by atoms with Gasteiger partial charge in [0.1, 0.15) is 24.0 Å². The summed E-state index contributed by atoms with van der Waals surface area (Å²) in [5, 5.41) is 9.04. The van der Waals surface area contributed by atoms with Crippen molar-refractivity contribution in [3.63, 3.8) is 0 Å². The molecule has 0 radical (unpaired) electrons. The molecule has 106 valence electrons. The zero-order valence-electron chi connectivity index (χ0n) is 12.0. The van der Waals surface area contributed by atoms with Crippen molar-refractivity contribution < 1.29 is 4.79 Å². The molecule has 19 heavy (non-hydrogen) atoms. The third kappa shape index (κ3) is 5.54. The first-order valence-corrected chi connectivity index (χ1v) is 6.63. The second-order valence-electron chi connectivity index (χ2n) is 4.82. The minimum absolute atomic E-state index is 0.0303. The van der Waals surface area contributed by atoms with Crippen molar-refractivity contribution in [2.45, 2.75) is 33.7 Å². The molecule has 0 saturated heterocycles. The van der Waals surface area contributed by atoms with Gasteiger partial charge < -0.3 is 16.0 Å². The number of carbonyl (C=O) groups excluding carboxylic acids is 1. The maximum absolute atomic E-state index is 11.8. The number of rotatable bonds is 7. The summed E-state index contributed by atoms with van der Waals surface area (Å²) in [6.45, 7) is 9.40. The number of carbonyl (C=O) groups is 1. The van der Waals surface area contributed by atoms with Crippen LogP contribution in [0.15, 0.2) is 12.4 Å². The van der Waals surface area contributed by atoms with E-state index in [-0.39, 0.29) is 11.9 Å². The molecule has 0 aliphatic heterocycles. The van der Waals surface area contributed by atoms with Crippen molar-refractivity contribution in [1.29, 1.82) is 0 Å². The number of aromatic nitrogens is 2. The smallest absolute Gasteiger partial charge is 0.242 e. The van der Waals surface area contributed by atoms with E-state index in [9.17, 15) is 4.79 Å². The highest BCUT2D eigenvalue weighted by atomic mass is 16.2. The number of anilines is 2. The van der Waals surface area contributed by atoms with Crippen LogP contribution in [0, 0.1) is 5.92 Å². The maximum atomic E-state index is 11.8. The minimum Gasteiger partial charge on any atom is -0.370 e. The average Bonchev–Trinajstić information content (AvgIpc) is 2.36. The largest absolute Gasteiger partial charge is 0.370 e. The number of nitrogens with one attached hydrogen (secondary N) is 3. The van der Waals surface area contributed by atoms with E-state index in [4.69, 9.17) is 0 Å². The van der Waals surface area contributed by atoms with Crippen LogP contribution < -0.4 is 16.0 Å². The molecule has 1 aromatic rings. The first-order valence-electron chi connectivity index (χ1n) is 6.63. The summed E-state index contributed by atoms with van der Waals surface area (Å²) in [6, 6.07) is 1.46. The first kappa shape index (κ1) is 15.2. The summed E-state index contributed by atoms with van der Waals surface area (Å²) in [6.07, 6.45) is 1.47. The molecule has 1 amide bonds. The van der Waals surface area contributed by atoms with Gasteiger partial charge in [0.05, 0.1) is 0 Å². The molecule has 1 heterocycles. The number of amides is 1. The third-order valence-corrected chi connectivity index (χ3v) is 2.47. The Hall–Kier alpha value is -1.85. The van der Waals surface area contributed by atoms with Gasteiger partial charge in [0.15, 0.2) is 0 Å². The lowest BCUT2D eigenvalue weighted by atomic mass is 10.2. The van der Waals surface area contributed by atoms with Crippen molar-refractivity contribution in [3.8, 4) is 0 Å². The highest BCUT2D eigenvalue weighted by Gasteiger charge is 2.13. The fourth-order valence-electron chi connectivity index (χ4n) is 1.46. The Morgan fingerprint density at radius 1 is 1.26 bits per heavy atom. The first-order chi connectivity index (χ1) is 9.02. The van der Waals surface area contributed by atoms with Gasteiger partial charge in [-0.25, -0.2) is 9.97 Å². The van der Waals surface area contributed by atoms with E-state index >= 15 is 0 Å². The third-order valence-electron chi connectivity index (χ3n) is 2.47. The Bertz CT molecular complexity index is 408. The molecule has 1 atom stereocenters. The van der Waals surface area contributed by atoms with E-state index in [0.29, 0.717) is 18.3 Å². The molecule has 1 unspecified atom stereocenters. The summed E-state index contributed by atoms with van der Waals surface area (Å²) in [5.74, 6) is 1.79. The van der Waals surface area contributed by atoms with Crippen molar-refractivity contribution in [2.24, 2.45) is 5.92 Å². The SMILES string of the molecule is CCNc1cc(NC(C)C(=O)NCC(C)C)ncn1. The van der Waals surface area contributed by atoms with Crippen molar-refractivity contribution in [3.05, 3.63) is 12.4 Å². The highest BCUT2D eigenvalue weighted by Crippen LogP contribution is 2.09. The summed E-state index contributed by atoms with van der Waals surface area (Å²) in [7, 11) is 0. The van der Waals surface area contributed by atoms with Crippen molar-refractivity contribution in [2.75, 3.05) is 23.7 Å². The van der Waals surface area contributed by atoms with Gasteiger partial charge in [-0.2, -0.15) is 0 Å². The molecule has 6 nitrogen and oxygen atoms in total. The van der Waals surface area contributed by atoms with Crippen molar-refractivity contribution >= 4 is 17.5 Å². The fourth-order valence-corrected chi connectivity index (χ4v) is 1.46. The predicted octanol–water partition coefficient (Wildman–Crippen LogP) is 1.48. The molecule has 0 fully saturated rings. The van der Waals surface area contributed by atoms with Gasteiger partial charge >= 0.3 is 0 Å². The van der Waals surface area contributed by atoms with Gasteiger partial charge in [-0.05, 0) is 19.8 Å². The second kappa shape index (κ2) is 7.56. The Balaban J connectivity index is 2.53. The summed E-state index contributed by atoms with van der Waals surface area (Å²) in [4.78, 5) is 20.0. The zero-order valence-corrected chi connectivity index (χ0v) is 12.0. The standard InChI is InChI=1S/C13H23N5O/c1-5-14-11-6-12(17-8-16-11)18-10(4)13(19)15-7-9(2)3/h6,8-10H,5,7H2,1-4H3,(H,15,19)(H2,14,16,17,18). The van der Waals surface area contributed by atoms with Crippen LogP contribution in [-0.4, -0.2) is 35.0 Å². The molecule has 0 aliphatic carbocycles. The summed E-state index contributed by atoms with van der Waals surface area (Å²) < 4.78 is 0. The van der Waals surface area contributed by atoms with E-state index in [2.05, 4.69) is 39.8 Å².